The second-order valence-corrected chi connectivity index (χ2v) is 9.78. The molecule has 0 unspecified atom stereocenters. The molecule has 1 saturated heterocycles. The monoisotopic (exact) mass is 423 g/mol. The Hall–Kier alpha value is -1.35. The van der Waals surface area contributed by atoms with Crippen LogP contribution in [0.5, 0.6) is 0 Å². The van der Waals surface area contributed by atoms with E-state index in [4.69, 9.17) is 0 Å². The Morgan fingerprint density at radius 1 is 1.08 bits per heavy atom. The van der Waals surface area contributed by atoms with Crippen LogP contribution < -0.4 is 0 Å². The molecule has 8 heteroatoms. The zero-order valence-corrected chi connectivity index (χ0v) is 15.9. The van der Waals surface area contributed by atoms with Crippen molar-refractivity contribution < 1.29 is 8.42 Å². The first-order valence-corrected chi connectivity index (χ1v) is 10.6. The summed E-state index contributed by atoms with van der Waals surface area (Å²) in [6.07, 6.45) is 3.38. The van der Waals surface area contributed by atoms with Gasteiger partial charge in [-0.3, -0.25) is 0 Å². The highest BCUT2D eigenvalue weighted by Crippen LogP contribution is 2.35. The Morgan fingerprint density at radius 3 is 2.67 bits per heavy atom. The van der Waals surface area contributed by atoms with E-state index >= 15 is 0 Å². The molecule has 1 fully saturated rings. The maximum Gasteiger partial charge on any atom is 0.252 e. The van der Waals surface area contributed by atoms with Crippen molar-refractivity contribution in [3.63, 3.8) is 0 Å². The fourth-order valence-corrected chi connectivity index (χ4v) is 6.22. The molecule has 0 spiro atoms. The van der Waals surface area contributed by atoms with Crippen LogP contribution in [0.4, 0.5) is 0 Å². The molecule has 0 amide bonds. The van der Waals surface area contributed by atoms with Gasteiger partial charge in [-0.15, -0.1) is 11.3 Å². The topological polar surface area (TPSA) is 63.2 Å². The van der Waals surface area contributed by atoms with Crippen LogP contribution in [0.15, 0.2) is 45.3 Å². The second kappa shape index (κ2) is 6.18. The van der Waals surface area contributed by atoms with Gasteiger partial charge in [0.1, 0.15) is 10.5 Å². The number of thiophene rings is 1. The zero-order valence-electron chi connectivity index (χ0n) is 12.6. The van der Waals surface area contributed by atoms with Crippen molar-refractivity contribution in [3.05, 3.63) is 41.1 Å². The fourth-order valence-electron chi connectivity index (χ4n) is 2.87. The number of aromatic nitrogens is 2. The van der Waals surface area contributed by atoms with Gasteiger partial charge in [0.15, 0.2) is 0 Å². The molecular formula is C16H14BrN3O2S2. The summed E-state index contributed by atoms with van der Waals surface area (Å²) in [6, 6.07) is 9.31. The molecule has 0 aliphatic carbocycles. The Labute approximate surface area is 152 Å². The van der Waals surface area contributed by atoms with Crippen molar-refractivity contribution in [1.82, 2.24) is 14.3 Å². The molecule has 0 saturated carbocycles. The average Bonchev–Trinajstić information content (AvgIpc) is 3.26. The number of sulfonamides is 1. The maximum atomic E-state index is 12.7. The molecule has 2 aromatic heterocycles. The Balaban J connectivity index is 1.80. The third-order valence-corrected chi connectivity index (χ3v) is 8.02. The molecule has 1 aromatic carbocycles. The number of nitrogens with zero attached hydrogens (tertiary/aromatic N) is 3. The summed E-state index contributed by atoms with van der Waals surface area (Å²) < 4.78 is 28.3. The van der Waals surface area contributed by atoms with Crippen molar-refractivity contribution in [2.45, 2.75) is 17.1 Å². The molecule has 3 aromatic rings. The molecular weight excluding hydrogens is 410 g/mol. The third-order valence-electron chi connectivity index (χ3n) is 4.07. The first-order chi connectivity index (χ1) is 11.6. The minimum Gasteiger partial charge on any atom is -0.236 e. The molecule has 5 nitrogen and oxygen atoms in total. The highest BCUT2D eigenvalue weighted by molar-refractivity contribution is 9.10. The van der Waals surface area contributed by atoms with E-state index in [0.717, 1.165) is 38.8 Å². The smallest absolute Gasteiger partial charge is 0.236 e. The summed E-state index contributed by atoms with van der Waals surface area (Å²) in [7, 11) is -3.39. The van der Waals surface area contributed by atoms with Crippen LogP contribution >= 0.6 is 27.3 Å². The van der Waals surface area contributed by atoms with Gasteiger partial charge in [0, 0.05) is 22.9 Å². The van der Waals surface area contributed by atoms with E-state index in [2.05, 4.69) is 25.9 Å². The predicted molar refractivity (Wildman–Crippen MR) is 98.5 cm³/mol. The van der Waals surface area contributed by atoms with Crippen molar-refractivity contribution in [1.29, 1.82) is 0 Å². The van der Waals surface area contributed by atoms with Crippen LogP contribution in [0.1, 0.15) is 12.8 Å². The van der Waals surface area contributed by atoms with Gasteiger partial charge in [0.2, 0.25) is 0 Å². The summed E-state index contributed by atoms with van der Waals surface area (Å²) in [4.78, 5) is 9.49. The van der Waals surface area contributed by atoms with E-state index in [9.17, 15) is 8.42 Å². The van der Waals surface area contributed by atoms with Crippen LogP contribution in [-0.4, -0.2) is 35.8 Å². The first-order valence-electron chi connectivity index (χ1n) is 7.56. The highest BCUT2D eigenvalue weighted by atomic mass is 79.9. The van der Waals surface area contributed by atoms with Crippen LogP contribution in [0, 0.1) is 0 Å². The number of fused-ring (bicyclic) bond motifs is 1. The molecule has 1 aliphatic heterocycles. The van der Waals surface area contributed by atoms with Gasteiger partial charge in [-0.2, -0.15) is 4.31 Å². The van der Waals surface area contributed by atoms with Crippen molar-refractivity contribution in [2.75, 3.05) is 13.1 Å². The lowest BCUT2D eigenvalue weighted by atomic mass is 10.1. The lowest BCUT2D eigenvalue weighted by Gasteiger charge is -2.13. The number of rotatable bonds is 3. The molecule has 0 atom stereocenters. The minimum atomic E-state index is -3.39. The van der Waals surface area contributed by atoms with Gasteiger partial charge in [-0.1, -0.05) is 15.9 Å². The third kappa shape index (κ3) is 2.77. The van der Waals surface area contributed by atoms with Crippen molar-refractivity contribution in [2.24, 2.45) is 0 Å². The van der Waals surface area contributed by atoms with Crippen LogP contribution in [0.3, 0.4) is 0 Å². The molecule has 0 bridgehead atoms. The summed E-state index contributed by atoms with van der Waals surface area (Å²) in [5.41, 5.74) is 1.59. The van der Waals surface area contributed by atoms with E-state index in [1.165, 1.54) is 17.7 Å². The fraction of sp³-hybridized carbons (Fsp3) is 0.250. The molecule has 0 N–H and O–H groups in total. The zero-order chi connectivity index (χ0) is 16.7. The number of halogens is 1. The SMILES string of the molecule is O=S(=O)(c1ccc(-c2ncnc3ccc(Br)cc23)s1)N1CCCC1. The van der Waals surface area contributed by atoms with E-state index in [-0.39, 0.29) is 0 Å². The van der Waals surface area contributed by atoms with Gasteiger partial charge in [-0.25, -0.2) is 18.4 Å². The predicted octanol–water partition coefficient (Wildman–Crippen LogP) is 3.91. The van der Waals surface area contributed by atoms with Gasteiger partial charge >= 0.3 is 0 Å². The average molecular weight is 424 g/mol. The summed E-state index contributed by atoms with van der Waals surface area (Å²) in [6.45, 7) is 1.22. The van der Waals surface area contributed by atoms with E-state index < -0.39 is 10.0 Å². The van der Waals surface area contributed by atoms with Gasteiger partial charge in [0.05, 0.1) is 16.1 Å². The number of hydrogen-bond acceptors (Lipinski definition) is 5. The Kier molecular flexibility index (Phi) is 4.16. The van der Waals surface area contributed by atoms with Gasteiger partial charge < -0.3 is 0 Å². The molecule has 0 radical (unpaired) electrons. The van der Waals surface area contributed by atoms with Crippen LogP contribution in [0.2, 0.25) is 0 Å². The van der Waals surface area contributed by atoms with Crippen LogP contribution in [0.25, 0.3) is 21.5 Å². The number of benzene rings is 1. The molecule has 1 aliphatic rings. The Bertz CT molecular complexity index is 1010. The van der Waals surface area contributed by atoms with Gasteiger partial charge in [-0.05, 0) is 43.2 Å². The molecule has 4 rings (SSSR count). The maximum absolute atomic E-state index is 12.7. The minimum absolute atomic E-state index is 0.376. The van der Waals surface area contributed by atoms with E-state index in [1.807, 2.05) is 24.3 Å². The quantitative estimate of drug-likeness (QED) is 0.640. The molecule has 124 valence electrons. The van der Waals surface area contributed by atoms with E-state index in [1.54, 1.807) is 10.4 Å². The normalized spacial score (nSPS) is 16.0. The summed E-state index contributed by atoms with van der Waals surface area (Å²) in [5, 5.41) is 0.902. The van der Waals surface area contributed by atoms with Crippen molar-refractivity contribution in [3.8, 4) is 10.6 Å². The standard InChI is InChI=1S/C16H14BrN3O2S2/c17-11-3-4-13-12(9-11)16(19-10-18-13)14-5-6-15(23-14)24(21,22)20-7-1-2-8-20/h3-6,9-10H,1-2,7-8H2. The van der Waals surface area contributed by atoms with Gasteiger partial charge in [0.25, 0.3) is 10.0 Å². The highest BCUT2D eigenvalue weighted by Gasteiger charge is 2.28. The van der Waals surface area contributed by atoms with Crippen LogP contribution in [-0.2, 0) is 10.0 Å². The Morgan fingerprint density at radius 2 is 1.88 bits per heavy atom. The number of hydrogen-bond donors (Lipinski definition) is 0. The molecule has 24 heavy (non-hydrogen) atoms. The van der Waals surface area contributed by atoms with Crippen molar-refractivity contribution >= 4 is 48.2 Å². The molecule has 3 heterocycles. The first kappa shape index (κ1) is 16.1. The summed E-state index contributed by atoms with van der Waals surface area (Å²) in [5.74, 6) is 0. The lowest BCUT2D eigenvalue weighted by molar-refractivity contribution is 0.479. The second-order valence-electron chi connectivity index (χ2n) is 5.61. The van der Waals surface area contributed by atoms with E-state index in [0.29, 0.717) is 17.3 Å². The summed E-state index contributed by atoms with van der Waals surface area (Å²) >= 11 is 4.73. The largest absolute Gasteiger partial charge is 0.252 e. The lowest BCUT2D eigenvalue weighted by Crippen LogP contribution is -2.27.